The zero-order valence-corrected chi connectivity index (χ0v) is 22.3. The van der Waals surface area contributed by atoms with Crippen LogP contribution < -0.4 is 5.32 Å². The molecule has 3 aromatic rings. The van der Waals surface area contributed by atoms with Gasteiger partial charge in [-0.2, -0.15) is 10.2 Å². The maximum atomic E-state index is 12.4. The molecule has 0 unspecified atom stereocenters. The second-order valence-corrected chi connectivity index (χ2v) is 9.45. The van der Waals surface area contributed by atoms with E-state index in [0.29, 0.717) is 35.7 Å². The summed E-state index contributed by atoms with van der Waals surface area (Å²) in [5.74, 6) is -1.99. The number of hydrogen-bond donors (Lipinski definition) is 3. The lowest BCUT2D eigenvalue weighted by atomic mass is 9.93. The van der Waals surface area contributed by atoms with Gasteiger partial charge in [0, 0.05) is 35.8 Å². The van der Waals surface area contributed by atoms with Crippen molar-refractivity contribution in [2.75, 3.05) is 19.6 Å². The van der Waals surface area contributed by atoms with Gasteiger partial charge in [0.2, 0.25) is 0 Å². The predicted octanol–water partition coefficient (Wildman–Crippen LogP) is 4.01. The predicted molar refractivity (Wildman–Crippen MR) is 145 cm³/mol. The number of carboxylic acids is 2. The molecule has 1 aliphatic heterocycles. The average Bonchev–Trinajstić information content (AvgIpc) is 3.45. The topological polar surface area (TPSA) is 170 Å². The summed E-state index contributed by atoms with van der Waals surface area (Å²) in [5, 5.41) is 31.9. The quantitative estimate of drug-likeness (QED) is 0.322. The minimum absolute atomic E-state index is 0.0159. The number of carbonyl (C=O) groups is 3. The molecule has 0 atom stereocenters. The molecular weight excluding hydrogens is 538 g/mol. The molecule has 1 fully saturated rings. The van der Waals surface area contributed by atoms with Crippen LogP contribution in [0.3, 0.4) is 0 Å². The summed E-state index contributed by atoms with van der Waals surface area (Å²) in [6, 6.07) is 16.8. The number of hydrogen-bond acceptors (Lipinski definition) is 8. The number of nitriles is 1. The van der Waals surface area contributed by atoms with Crippen LogP contribution in [0.1, 0.15) is 41.0 Å². The number of nitrogens with one attached hydrogen (secondary N) is 1. The maximum absolute atomic E-state index is 12.4. The van der Waals surface area contributed by atoms with Gasteiger partial charge in [0.25, 0.3) is 17.6 Å². The van der Waals surface area contributed by atoms with E-state index in [4.69, 9.17) is 31.6 Å². The molecule has 40 heavy (non-hydrogen) atoms. The third-order valence-corrected chi connectivity index (χ3v) is 6.38. The van der Waals surface area contributed by atoms with E-state index in [1.54, 1.807) is 24.3 Å². The Morgan fingerprint density at radius 1 is 1.05 bits per heavy atom. The molecule has 12 heteroatoms. The van der Waals surface area contributed by atoms with Crippen LogP contribution in [-0.4, -0.2) is 62.7 Å². The number of benzene rings is 2. The Morgan fingerprint density at radius 3 is 2.25 bits per heavy atom. The molecule has 4 rings (SSSR count). The molecule has 0 radical (unpaired) electrons. The molecule has 0 aliphatic carbocycles. The van der Waals surface area contributed by atoms with Gasteiger partial charge in [-0.1, -0.05) is 28.9 Å². The first-order valence-electron chi connectivity index (χ1n) is 12.5. The number of nitrogens with zero attached hydrogens (tertiary/aromatic N) is 4. The Balaban J connectivity index is 0.000000482. The van der Waals surface area contributed by atoms with Crippen LogP contribution in [0.4, 0.5) is 0 Å². The first-order valence-corrected chi connectivity index (χ1v) is 12.8. The number of aliphatic carboxylic acids is 2. The van der Waals surface area contributed by atoms with Crippen LogP contribution in [0.25, 0.3) is 11.5 Å². The smallest absolute Gasteiger partial charge is 0.328 e. The summed E-state index contributed by atoms with van der Waals surface area (Å²) in [5.41, 5.74) is 2.49. The fourth-order valence-corrected chi connectivity index (χ4v) is 4.14. The van der Waals surface area contributed by atoms with Crippen LogP contribution in [0, 0.1) is 17.2 Å². The molecule has 208 valence electrons. The largest absolute Gasteiger partial charge is 0.478 e. The van der Waals surface area contributed by atoms with Gasteiger partial charge in [0.05, 0.1) is 11.6 Å². The van der Waals surface area contributed by atoms with Crippen LogP contribution in [0.15, 0.2) is 65.2 Å². The number of carboxylic acid groups (broad SMARTS) is 2. The molecule has 0 saturated carbocycles. The Morgan fingerprint density at radius 2 is 1.68 bits per heavy atom. The van der Waals surface area contributed by atoms with Crippen molar-refractivity contribution < 1.29 is 29.1 Å². The lowest BCUT2D eigenvalue weighted by molar-refractivity contribution is -0.134. The number of halogens is 1. The number of amides is 1. The van der Waals surface area contributed by atoms with Crippen molar-refractivity contribution in [2.24, 2.45) is 5.92 Å². The lowest BCUT2D eigenvalue weighted by Gasteiger charge is -2.32. The number of likely N-dealkylation sites (tertiary alicyclic amines) is 1. The second kappa shape index (κ2) is 15.2. The van der Waals surface area contributed by atoms with Gasteiger partial charge in [-0.15, -0.1) is 0 Å². The fraction of sp³-hybridized carbons (Fsp3) is 0.286. The molecule has 0 spiro atoms. The van der Waals surface area contributed by atoms with Crippen LogP contribution in [-0.2, 0) is 16.1 Å². The van der Waals surface area contributed by atoms with Gasteiger partial charge < -0.3 is 20.1 Å². The van der Waals surface area contributed by atoms with E-state index < -0.39 is 11.9 Å². The summed E-state index contributed by atoms with van der Waals surface area (Å²) in [7, 11) is 0. The highest BCUT2D eigenvalue weighted by Gasteiger charge is 2.20. The molecule has 1 aromatic heterocycles. The molecule has 2 aromatic carbocycles. The standard InChI is InChI=1S/C24H24ClN5O2.C4H4O4/c25-21-7-3-19(4-8-21)16-30-13-10-17(11-14-30)9-12-27-23(31)22-28-24(32-29-22)20-5-1-18(15-26)2-6-20;5-3(6)1-2-4(7)8/h1-8,17H,9-14,16H2,(H,27,31);1-2H,(H,5,6)(H,7,8)/b;2-1+. The number of rotatable bonds is 9. The Kier molecular flexibility index (Phi) is 11.4. The average molecular weight is 566 g/mol. The number of piperidine rings is 1. The van der Waals surface area contributed by atoms with Gasteiger partial charge in [-0.25, -0.2) is 9.59 Å². The monoisotopic (exact) mass is 565 g/mol. The fourth-order valence-electron chi connectivity index (χ4n) is 4.01. The zero-order chi connectivity index (χ0) is 28.9. The molecule has 2 heterocycles. The third-order valence-electron chi connectivity index (χ3n) is 6.12. The molecule has 0 bridgehead atoms. The molecular formula is C28H28ClN5O6. The normalized spacial score (nSPS) is 13.7. The van der Waals surface area contributed by atoms with Crippen molar-refractivity contribution in [2.45, 2.75) is 25.8 Å². The van der Waals surface area contributed by atoms with E-state index in [0.717, 1.165) is 43.9 Å². The Bertz CT molecular complexity index is 1340. The van der Waals surface area contributed by atoms with E-state index in [-0.39, 0.29) is 17.6 Å². The summed E-state index contributed by atoms with van der Waals surface area (Å²) >= 11 is 5.96. The first-order chi connectivity index (χ1) is 19.2. The maximum Gasteiger partial charge on any atom is 0.328 e. The van der Waals surface area contributed by atoms with Crippen molar-refractivity contribution in [1.82, 2.24) is 20.4 Å². The summed E-state index contributed by atoms with van der Waals surface area (Å²) < 4.78 is 5.19. The van der Waals surface area contributed by atoms with E-state index in [2.05, 4.69) is 38.6 Å². The third kappa shape index (κ3) is 9.98. The highest BCUT2D eigenvalue weighted by Crippen LogP contribution is 2.22. The van der Waals surface area contributed by atoms with Crippen molar-refractivity contribution >= 4 is 29.4 Å². The summed E-state index contributed by atoms with van der Waals surface area (Å²) in [4.78, 5) is 38.1. The van der Waals surface area contributed by atoms with Crippen LogP contribution >= 0.6 is 11.6 Å². The van der Waals surface area contributed by atoms with E-state index in [9.17, 15) is 14.4 Å². The van der Waals surface area contributed by atoms with Gasteiger partial charge in [-0.3, -0.25) is 9.69 Å². The molecule has 1 saturated heterocycles. The van der Waals surface area contributed by atoms with Crippen molar-refractivity contribution in [1.29, 1.82) is 5.26 Å². The van der Waals surface area contributed by atoms with Crippen molar-refractivity contribution in [3.05, 3.63) is 82.7 Å². The Hall–Kier alpha value is -4.53. The minimum atomic E-state index is -1.26. The zero-order valence-electron chi connectivity index (χ0n) is 21.5. The SMILES string of the molecule is N#Cc1ccc(-c2nc(C(=O)NCCC3CCN(Cc4ccc(Cl)cc4)CC3)no2)cc1.O=C(O)/C=C/C(=O)O. The van der Waals surface area contributed by atoms with E-state index in [1.807, 2.05) is 12.1 Å². The number of carbonyl (C=O) groups excluding carboxylic acids is 1. The van der Waals surface area contributed by atoms with Gasteiger partial charge in [-0.05, 0) is 80.2 Å². The lowest BCUT2D eigenvalue weighted by Crippen LogP contribution is -2.35. The van der Waals surface area contributed by atoms with Gasteiger partial charge in [0.15, 0.2) is 0 Å². The van der Waals surface area contributed by atoms with Crippen molar-refractivity contribution in [3.8, 4) is 17.5 Å². The highest BCUT2D eigenvalue weighted by atomic mass is 35.5. The van der Waals surface area contributed by atoms with E-state index >= 15 is 0 Å². The highest BCUT2D eigenvalue weighted by molar-refractivity contribution is 6.30. The molecule has 11 nitrogen and oxygen atoms in total. The van der Waals surface area contributed by atoms with Crippen LogP contribution in [0.5, 0.6) is 0 Å². The second-order valence-electron chi connectivity index (χ2n) is 9.01. The minimum Gasteiger partial charge on any atom is -0.478 e. The Labute approximate surface area is 235 Å². The summed E-state index contributed by atoms with van der Waals surface area (Å²) in [6.45, 7) is 3.64. The van der Waals surface area contributed by atoms with Crippen molar-refractivity contribution in [3.63, 3.8) is 0 Å². The van der Waals surface area contributed by atoms with Gasteiger partial charge in [0.1, 0.15) is 0 Å². The van der Waals surface area contributed by atoms with Gasteiger partial charge >= 0.3 is 11.9 Å². The van der Waals surface area contributed by atoms with E-state index in [1.165, 1.54) is 5.56 Å². The van der Waals surface area contributed by atoms with Crippen LogP contribution in [0.2, 0.25) is 5.02 Å². The number of aromatic nitrogens is 2. The molecule has 3 N–H and O–H groups in total. The summed E-state index contributed by atoms with van der Waals surface area (Å²) in [6.07, 6.45) is 4.29. The first kappa shape index (κ1) is 30.0. The molecule has 1 amide bonds. The molecule has 1 aliphatic rings.